The fourth-order valence-electron chi connectivity index (χ4n) is 1.19. The summed E-state index contributed by atoms with van der Waals surface area (Å²) >= 11 is 3.39. The quantitative estimate of drug-likeness (QED) is 0.875. The molecule has 0 aromatic heterocycles. The summed E-state index contributed by atoms with van der Waals surface area (Å²) in [7, 11) is 1.63. The number of aliphatic hydroxyl groups is 1. The Labute approximate surface area is 105 Å². The number of rotatable bonds is 5. The van der Waals surface area contributed by atoms with Crippen molar-refractivity contribution in [1.29, 1.82) is 0 Å². The van der Waals surface area contributed by atoms with Crippen LogP contribution in [0.15, 0.2) is 22.7 Å². The van der Waals surface area contributed by atoms with Crippen LogP contribution >= 0.6 is 15.9 Å². The van der Waals surface area contributed by atoms with Gasteiger partial charge in [0.25, 0.3) is 0 Å². The molecule has 1 unspecified atom stereocenters. The Morgan fingerprint density at radius 1 is 1.50 bits per heavy atom. The van der Waals surface area contributed by atoms with Crippen molar-refractivity contribution in [2.75, 3.05) is 19.0 Å². The molecule has 3 nitrogen and oxygen atoms in total. The largest absolute Gasteiger partial charge is 0.495 e. The zero-order chi connectivity index (χ0) is 12.2. The van der Waals surface area contributed by atoms with Crippen molar-refractivity contribution < 1.29 is 9.84 Å². The molecule has 0 amide bonds. The van der Waals surface area contributed by atoms with Gasteiger partial charge in [-0.1, -0.05) is 6.92 Å². The molecular formula is C12H18BrNO2. The fraction of sp³-hybridized carbons (Fsp3) is 0.500. The number of hydrogen-bond acceptors (Lipinski definition) is 3. The third kappa shape index (κ3) is 3.68. The number of anilines is 1. The molecule has 0 heterocycles. The Balaban J connectivity index is 2.68. The molecule has 0 bridgehead atoms. The molecule has 90 valence electrons. The van der Waals surface area contributed by atoms with Gasteiger partial charge < -0.3 is 15.2 Å². The molecule has 0 aliphatic rings. The minimum absolute atomic E-state index is 0.522. The monoisotopic (exact) mass is 287 g/mol. The summed E-state index contributed by atoms with van der Waals surface area (Å²) in [4.78, 5) is 0. The molecule has 1 aromatic rings. The van der Waals surface area contributed by atoms with Crippen molar-refractivity contribution in [3.63, 3.8) is 0 Å². The summed E-state index contributed by atoms with van der Waals surface area (Å²) in [5, 5.41) is 13.0. The van der Waals surface area contributed by atoms with Gasteiger partial charge in [-0.15, -0.1) is 0 Å². The smallest absolute Gasteiger partial charge is 0.135 e. The van der Waals surface area contributed by atoms with Crippen LogP contribution in [0.5, 0.6) is 5.75 Å². The summed E-state index contributed by atoms with van der Waals surface area (Å²) in [5.41, 5.74) is 0.258. The first-order chi connectivity index (χ1) is 7.48. The van der Waals surface area contributed by atoms with E-state index in [1.54, 1.807) is 7.11 Å². The lowest BCUT2D eigenvalue weighted by molar-refractivity contribution is 0.0697. The third-order valence-electron chi connectivity index (χ3n) is 2.59. The van der Waals surface area contributed by atoms with Gasteiger partial charge in [0.15, 0.2) is 0 Å². The molecule has 2 N–H and O–H groups in total. The number of nitrogens with one attached hydrogen (secondary N) is 1. The second kappa shape index (κ2) is 5.55. The van der Waals surface area contributed by atoms with Gasteiger partial charge in [-0.3, -0.25) is 0 Å². The van der Waals surface area contributed by atoms with E-state index in [1.165, 1.54) is 0 Å². The van der Waals surface area contributed by atoms with Gasteiger partial charge in [-0.05, 0) is 41.4 Å². The molecule has 0 saturated heterocycles. The first-order valence-corrected chi connectivity index (χ1v) is 6.07. The van der Waals surface area contributed by atoms with Crippen molar-refractivity contribution in [3.05, 3.63) is 22.7 Å². The second-order valence-electron chi connectivity index (χ2n) is 4.05. The van der Waals surface area contributed by atoms with Crippen molar-refractivity contribution in [1.82, 2.24) is 0 Å². The molecule has 0 saturated carbocycles. The van der Waals surface area contributed by atoms with Crippen molar-refractivity contribution >= 4 is 21.6 Å². The lowest BCUT2D eigenvalue weighted by Gasteiger charge is -2.22. The van der Waals surface area contributed by atoms with Gasteiger partial charge in [0.1, 0.15) is 5.75 Å². The van der Waals surface area contributed by atoms with Crippen molar-refractivity contribution in [2.45, 2.75) is 25.9 Å². The molecule has 4 heteroatoms. The van der Waals surface area contributed by atoms with E-state index < -0.39 is 5.60 Å². The maximum absolute atomic E-state index is 9.86. The highest BCUT2D eigenvalue weighted by molar-refractivity contribution is 9.10. The van der Waals surface area contributed by atoms with E-state index in [0.717, 1.165) is 15.9 Å². The maximum atomic E-state index is 9.86. The molecule has 0 spiro atoms. The van der Waals surface area contributed by atoms with Crippen LogP contribution in [0.25, 0.3) is 0 Å². The molecule has 0 fully saturated rings. The fourth-order valence-corrected chi connectivity index (χ4v) is 1.60. The molecule has 16 heavy (non-hydrogen) atoms. The molecule has 0 aliphatic heterocycles. The van der Waals surface area contributed by atoms with E-state index in [0.29, 0.717) is 13.0 Å². The number of benzene rings is 1. The minimum atomic E-state index is -0.680. The first kappa shape index (κ1) is 13.3. The summed E-state index contributed by atoms with van der Waals surface area (Å²) in [6.07, 6.45) is 0.716. The van der Waals surface area contributed by atoms with Gasteiger partial charge >= 0.3 is 0 Å². The van der Waals surface area contributed by atoms with Crippen LogP contribution in [0.1, 0.15) is 20.3 Å². The lowest BCUT2D eigenvalue weighted by atomic mass is 10.0. The molecule has 0 radical (unpaired) electrons. The summed E-state index contributed by atoms with van der Waals surface area (Å²) in [5.74, 6) is 0.779. The standard InChI is InChI=1S/C12H18BrNO2/c1-4-12(2,15)8-14-9-5-6-10(13)11(7-9)16-3/h5-7,14-15H,4,8H2,1-3H3. The number of halogens is 1. The molecule has 1 atom stereocenters. The van der Waals surface area contributed by atoms with Crippen LogP contribution in [0.2, 0.25) is 0 Å². The Morgan fingerprint density at radius 3 is 2.75 bits per heavy atom. The number of methoxy groups -OCH3 is 1. The Bertz CT molecular complexity index is 353. The van der Waals surface area contributed by atoms with Crippen LogP contribution in [0.4, 0.5) is 5.69 Å². The van der Waals surface area contributed by atoms with Gasteiger partial charge in [0.2, 0.25) is 0 Å². The van der Waals surface area contributed by atoms with E-state index >= 15 is 0 Å². The van der Waals surface area contributed by atoms with Gasteiger partial charge in [0, 0.05) is 18.3 Å². The van der Waals surface area contributed by atoms with E-state index in [1.807, 2.05) is 32.0 Å². The Kier molecular flexibility index (Phi) is 4.62. The highest BCUT2D eigenvalue weighted by Gasteiger charge is 2.16. The lowest BCUT2D eigenvalue weighted by Crippen LogP contribution is -2.32. The predicted molar refractivity (Wildman–Crippen MR) is 70.1 cm³/mol. The number of ether oxygens (including phenoxy) is 1. The van der Waals surface area contributed by atoms with Crippen LogP contribution in [0, 0.1) is 0 Å². The second-order valence-corrected chi connectivity index (χ2v) is 4.91. The van der Waals surface area contributed by atoms with Gasteiger partial charge in [-0.25, -0.2) is 0 Å². The zero-order valence-electron chi connectivity index (χ0n) is 9.88. The molecular weight excluding hydrogens is 270 g/mol. The van der Waals surface area contributed by atoms with Gasteiger partial charge in [-0.2, -0.15) is 0 Å². The van der Waals surface area contributed by atoms with E-state index in [9.17, 15) is 5.11 Å². The van der Waals surface area contributed by atoms with Crippen molar-refractivity contribution in [3.8, 4) is 5.75 Å². The molecule has 1 aromatic carbocycles. The highest BCUT2D eigenvalue weighted by atomic mass is 79.9. The van der Waals surface area contributed by atoms with E-state index in [2.05, 4.69) is 21.2 Å². The van der Waals surface area contributed by atoms with Crippen LogP contribution in [-0.2, 0) is 0 Å². The van der Waals surface area contributed by atoms with Crippen LogP contribution < -0.4 is 10.1 Å². The molecule has 0 aliphatic carbocycles. The first-order valence-electron chi connectivity index (χ1n) is 5.28. The molecule has 1 rings (SSSR count). The number of hydrogen-bond donors (Lipinski definition) is 2. The normalized spacial score (nSPS) is 14.3. The average Bonchev–Trinajstić information content (AvgIpc) is 2.28. The zero-order valence-corrected chi connectivity index (χ0v) is 11.5. The Hall–Kier alpha value is -0.740. The third-order valence-corrected chi connectivity index (χ3v) is 3.24. The maximum Gasteiger partial charge on any atom is 0.135 e. The van der Waals surface area contributed by atoms with E-state index in [-0.39, 0.29) is 0 Å². The van der Waals surface area contributed by atoms with Crippen LogP contribution in [-0.4, -0.2) is 24.4 Å². The summed E-state index contributed by atoms with van der Waals surface area (Å²) < 4.78 is 6.11. The minimum Gasteiger partial charge on any atom is -0.495 e. The predicted octanol–water partition coefficient (Wildman–Crippen LogP) is 3.03. The highest BCUT2D eigenvalue weighted by Crippen LogP contribution is 2.28. The average molecular weight is 288 g/mol. The SMILES string of the molecule is CCC(C)(O)CNc1ccc(Br)c(OC)c1. The van der Waals surface area contributed by atoms with Gasteiger partial charge in [0.05, 0.1) is 17.2 Å². The summed E-state index contributed by atoms with van der Waals surface area (Å²) in [6, 6.07) is 5.76. The van der Waals surface area contributed by atoms with Crippen molar-refractivity contribution in [2.24, 2.45) is 0 Å². The van der Waals surface area contributed by atoms with Crippen LogP contribution in [0.3, 0.4) is 0 Å². The van der Waals surface area contributed by atoms with E-state index in [4.69, 9.17) is 4.74 Å². The summed E-state index contributed by atoms with van der Waals surface area (Å²) in [6.45, 7) is 4.30. The Morgan fingerprint density at radius 2 is 2.19 bits per heavy atom. The topological polar surface area (TPSA) is 41.5 Å².